The number of carbonyl (C=O) groups is 1. The Morgan fingerprint density at radius 1 is 1.22 bits per heavy atom. The molecular weight excluding hydrogens is 370 g/mol. The minimum atomic E-state index is -0.539. The first-order chi connectivity index (χ1) is 12.6. The van der Waals surface area contributed by atoms with Crippen molar-refractivity contribution < 1.29 is 14.5 Å². The summed E-state index contributed by atoms with van der Waals surface area (Å²) in [5.74, 6) is -0.112. The Morgan fingerprint density at radius 3 is 2.52 bits per heavy atom. The topological polar surface area (TPSA) is 98.7 Å². The molecule has 0 heterocycles. The summed E-state index contributed by atoms with van der Waals surface area (Å²) in [6.07, 6.45) is 0.650. The van der Waals surface area contributed by atoms with Gasteiger partial charge in [-0.15, -0.1) is 12.4 Å². The maximum atomic E-state index is 12.9. The number of nitro benzene ring substituents is 1. The lowest BCUT2D eigenvalue weighted by Crippen LogP contribution is -2.32. The third kappa shape index (κ3) is 6.23. The Kier molecular flexibility index (Phi) is 9.25. The van der Waals surface area contributed by atoms with Gasteiger partial charge in [-0.1, -0.05) is 30.3 Å². The number of ether oxygens (including phenoxy) is 1. The second-order valence-corrected chi connectivity index (χ2v) is 5.73. The van der Waals surface area contributed by atoms with E-state index in [1.807, 2.05) is 30.3 Å². The van der Waals surface area contributed by atoms with Crippen LogP contribution in [0.3, 0.4) is 0 Å². The van der Waals surface area contributed by atoms with Gasteiger partial charge in [-0.3, -0.25) is 14.9 Å². The maximum absolute atomic E-state index is 12.9. The maximum Gasteiger partial charge on any atom is 0.311 e. The molecule has 0 aliphatic heterocycles. The van der Waals surface area contributed by atoms with Gasteiger partial charge in [-0.25, -0.2) is 0 Å². The van der Waals surface area contributed by atoms with Crippen molar-refractivity contribution in [3.8, 4) is 5.75 Å². The highest BCUT2D eigenvalue weighted by molar-refractivity contribution is 5.95. The number of hydrogen-bond donors (Lipinski definition) is 1. The van der Waals surface area contributed by atoms with Crippen LogP contribution in [0.1, 0.15) is 29.3 Å². The summed E-state index contributed by atoms with van der Waals surface area (Å²) < 4.78 is 5.27. The fourth-order valence-electron chi connectivity index (χ4n) is 2.59. The van der Waals surface area contributed by atoms with Crippen molar-refractivity contribution in [1.82, 2.24) is 4.90 Å². The summed E-state index contributed by atoms with van der Waals surface area (Å²) in [7, 11) is 0. The van der Waals surface area contributed by atoms with E-state index >= 15 is 0 Å². The molecule has 0 aliphatic rings. The number of nitro groups is 1. The molecule has 7 nitrogen and oxygen atoms in total. The zero-order valence-corrected chi connectivity index (χ0v) is 16.0. The Bertz CT molecular complexity index is 756. The molecular formula is C19H24ClN3O4. The Labute approximate surface area is 164 Å². The fraction of sp³-hybridized carbons (Fsp3) is 0.316. The van der Waals surface area contributed by atoms with Crippen LogP contribution in [-0.2, 0) is 6.54 Å². The van der Waals surface area contributed by atoms with Crippen molar-refractivity contribution in [2.24, 2.45) is 5.73 Å². The molecule has 2 N–H and O–H groups in total. The van der Waals surface area contributed by atoms with Crippen molar-refractivity contribution in [3.05, 3.63) is 69.8 Å². The molecule has 0 fully saturated rings. The quantitative estimate of drug-likeness (QED) is 0.520. The van der Waals surface area contributed by atoms with Crippen molar-refractivity contribution in [3.63, 3.8) is 0 Å². The molecule has 0 aliphatic carbocycles. The van der Waals surface area contributed by atoms with Crippen LogP contribution in [0, 0.1) is 10.1 Å². The van der Waals surface area contributed by atoms with E-state index in [4.69, 9.17) is 10.5 Å². The zero-order chi connectivity index (χ0) is 18.9. The molecule has 1 amide bonds. The first-order valence-electron chi connectivity index (χ1n) is 8.51. The first-order valence-corrected chi connectivity index (χ1v) is 8.51. The van der Waals surface area contributed by atoms with Gasteiger partial charge < -0.3 is 15.4 Å². The molecule has 2 aromatic carbocycles. The average Bonchev–Trinajstić information content (AvgIpc) is 2.65. The number of carbonyl (C=O) groups excluding carboxylic acids is 1. The lowest BCUT2D eigenvalue weighted by atomic mass is 10.1. The van der Waals surface area contributed by atoms with Gasteiger partial charge in [0, 0.05) is 24.7 Å². The van der Waals surface area contributed by atoms with Crippen LogP contribution in [0.5, 0.6) is 5.75 Å². The van der Waals surface area contributed by atoms with Crippen LogP contribution in [-0.4, -0.2) is 35.4 Å². The van der Waals surface area contributed by atoms with Crippen LogP contribution >= 0.6 is 12.4 Å². The molecule has 146 valence electrons. The lowest BCUT2D eigenvalue weighted by Gasteiger charge is -2.23. The van der Waals surface area contributed by atoms with Gasteiger partial charge in [-0.05, 0) is 37.6 Å². The largest absolute Gasteiger partial charge is 0.487 e. The monoisotopic (exact) mass is 393 g/mol. The van der Waals surface area contributed by atoms with Gasteiger partial charge in [0.15, 0.2) is 5.75 Å². The van der Waals surface area contributed by atoms with E-state index in [1.54, 1.807) is 17.9 Å². The van der Waals surface area contributed by atoms with Gasteiger partial charge in [0.2, 0.25) is 0 Å². The number of halogens is 1. The summed E-state index contributed by atoms with van der Waals surface area (Å²) in [6.45, 7) is 3.41. The first kappa shape index (κ1) is 22.4. The molecule has 0 unspecified atom stereocenters. The molecule has 8 heteroatoms. The van der Waals surface area contributed by atoms with Crippen molar-refractivity contribution in [2.45, 2.75) is 19.9 Å². The molecule has 27 heavy (non-hydrogen) atoms. The summed E-state index contributed by atoms with van der Waals surface area (Å²) in [4.78, 5) is 25.3. The van der Waals surface area contributed by atoms with E-state index in [1.165, 1.54) is 12.1 Å². The molecule has 2 rings (SSSR count). The van der Waals surface area contributed by atoms with E-state index in [0.717, 1.165) is 5.56 Å². The highest BCUT2D eigenvalue weighted by atomic mass is 35.5. The smallest absolute Gasteiger partial charge is 0.311 e. The number of rotatable bonds is 9. The van der Waals surface area contributed by atoms with E-state index in [-0.39, 0.29) is 35.3 Å². The van der Waals surface area contributed by atoms with Gasteiger partial charge in [0.1, 0.15) is 0 Å². The van der Waals surface area contributed by atoms with Crippen LogP contribution < -0.4 is 10.5 Å². The van der Waals surface area contributed by atoms with E-state index < -0.39 is 4.92 Å². The number of amides is 1. The van der Waals surface area contributed by atoms with E-state index in [2.05, 4.69) is 0 Å². The fourth-order valence-corrected chi connectivity index (χ4v) is 2.59. The van der Waals surface area contributed by atoms with Crippen LogP contribution in [0.15, 0.2) is 48.5 Å². The van der Waals surface area contributed by atoms with Gasteiger partial charge in [-0.2, -0.15) is 0 Å². The van der Waals surface area contributed by atoms with Crippen LogP contribution in [0.4, 0.5) is 5.69 Å². The molecule has 0 saturated heterocycles. The summed E-state index contributed by atoms with van der Waals surface area (Å²) >= 11 is 0. The Morgan fingerprint density at radius 2 is 1.93 bits per heavy atom. The average molecular weight is 394 g/mol. The number of nitrogens with zero attached hydrogens (tertiary/aromatic N) is 2. The van der Waals surface area contributed by atoms with Crippen molar-refractivity contribution >= 4 is 24.0 Å². The molecule has 0 aromatic heterocycles. The van der Waals surface area contributed by atoms with E-state index in [9.17, 15) is 14.9 Å². The highest BCUT2D eigenvalue weighted by Gasteiger charge is 2.22. The number of nitrogens with two attached hydrogens (primary N) is 1. The molecule has 0 radical (unpaired) electrons. The standard InChI is InChI=1S/C19H23N3O4.ClH/c1-2-26-18-10-9-16(13-17(18)22(24)25)19(23)21(12-6-11-20)14-15-7-4-3-5-8-15;/h3-5,7-10,13H,2,6,11-12,14,20H2,1H3;1H. The van der Waals surface area contributed by atoms with Gasteiger partial charge in [0.05, 0.1) is 11.5 Å². The molecule has 2 aromatic rings. The second-order valence-electron chi connectivity index (χ2n) is 5.73. The molecule has 0 atom stereocenters. The summed E-state index contributed by atoms with van der Waals surface area (Å²) in [5.41, 5.74) is 6.61. The van der Waals surface area contributed by atoms with Crippen LogP contribution in [0.2, 0.25) is 0 Å². The third-order valence-corrected chi connectivity index (χ3v) is 3.84. The number of hydrogen-bond acceptors (Lipinski definition) is 5. The van der Waals surface area contributed by atoms with Crippen molar-refractivity contribution in [2.75, 3.05) is 19.7 Å². The Hall–Kier alpha value is -2.64. The minimum absolute atomic E-state index is 0. The number of benzene rings is 2. The van der Waals surface area contributed by atoms with E-state index in [0.29, 0.717) is 32.7 Å². The van der Waals surface area contributed by atoms with Gasteiger partial charge in [0.25, 0.3) is 5.91 Å². The molecule has 0 spiro atoms. The highest BCUT2D eigenvalue weighted by Crippen LogP contribution is 2.28. The third-order valence-electron chi connectivity index (χ3n) is 3.84. The Balaban J connectivity index is 0.00000364. The molecule has 0 saturated carbocycles. The normalized spacial score (nSPS) is 10.0. The molecule has 0 bridgehead atoms. The summed E-state index contributed by atoms with van der Waals surface area (Å²) in [5, 5.41) is 11.3. The summed E-state index contributed by atoms with van der Waals surface area (Å²) in [6, 6.07) is 13.9. The van der Waals surface area contributed by atoms with Crippen LogP contribution in [0.25, 0.3) is 0 Å². The lowest BCUT2D eigenvalue weighted by molar-refractivity contribution is -0.385. The second kappa shape index (κ2) is 11.2. The van der Waals surface area contributed by atoms with Crippen molar-refractivity contribution in [1.29, 1.82) is 0 Å². The SMILES string of the molecule is CCOc1ccc(C(=O)N(CCCN)Cc2ccccc2)cc1[N+](=O)[O-].Cl. The predicted molar refractivity (Wildman–Crippen MR) is 106 cm³/mol. The predicted octanol–water partition coefficient (Wildman–Crippen LogP) is 3.41. The van der Waals surface area contributed by atoms with Gasteiger partial charge >= 0.3 is 5.69 Å². The minimum Gasteiger partial charge on any atom is -0.487 e. The zero-order valence-electron chi connectivity index (χ0n) is 15.2.